The third kappa shape index (κ3) is 5.12. The van der Waals surface area contributed by atoms with Gasteiger partial charge in [-0.25, -0.2) is 14.4 Å². The molecule has 4 nitrogen and oxygen atoms in total. The lowest BCUT2D eigenvalue weighted by molar-refractivity contribution is 0.402. The molecule has 1 aliphatic heterocycles. The lowest BCUT2D eigenvalue weighted by Crippen LogP contribution is -2.76. The van der Waals surface area contributed by atoms with Gasteiger partial charge in [-0.15, -0.1) is 0 Å². The lowest BCUT2D eigenvalue weighted by Gasteiger charge is -2.39. The quantitative estimate of drug-likeness (QED) is 0.158. The zero-order valence-electron chi connectivity index (χ0n) is 31.1. The van der Waals surface area contributed by atoms with Gasteiger partial charge in [-0.2, -0.15) is 0 Å². The number of fused-ring (bicyclic) bond motifs is 7. The molecule has 0 radical (unpaired) electrons. The van der Waals surface area contributed by atoms with Gasteiger partial charge < -0.3 is 4.57 Å². The molecule has 0 amide bonds. The molecule has 0 saturated heterocycles. The highest BCUT2D eigenvalue weighted by Crippen LogP contribution is 2.42. The number of pyridine rings is 1. The van der Waals surface area contributed by atoms with Crippen LogP contribution in [0.2, 0.25) is 0 Å². The number of nitrogens with zero attached hydrogens (tertiary/aromatic N) is 4. The Balaban J connectivity index is 1.09. The van der Waals surface area contributed by atoms with Crippen LogP contribution < -0.4 is 20.7 Å². The molecule has 1 unspecified atom stereocenters. The smallest absolute Gasteiger partial charge is 0.183 e. The minimum Gasteiger partial charge on any atom is -0.327 e. The van der Waals surface area contributed by atoms with Crippen LogP contribution in [-0.2, 0) is 7.05 Å². The Kier molecular flexibility index (Phi) is 7.88. The average Bonchev–Trinajstić information content (AvgIpc) is 3.81. The average molecular weight is 771 g/mol. The van der Waals surface area contributed by atoms with Crippen LogP contribution in [0.4, 0.5) is 4.39 Å². The molecule has 11 rings (SSSR count). The van der Waals surface area contributed by atoms with Crippen molar-refractivity contribution in [1.29, 1.82) is 0 Å². The van der Waals surface area contributed by atoms with Crippen molar-refractivity contribution < 1.29 is 4.39 Å². The molecule has 10 aromatic rings. The Labute approximate surface area is 334 Å². The van der Waals surface area contributed by atoms with E-state index >= 15 is 4.39 Å². The molecule has 1 aliphatic rings. The van der Waals surface area contributed by atoms with Gasteiger partial charge in [0.25, 0.3) is 0 Å². The maximum Gasteiger partial charge on any atom is 0.183 e. The molecule has 0 fully saturated rings. The molecule has 0 bridgehead atoms. The largest absolute Gasteiger partial charge is 0.327 e. The second kappa shape index (κ2) is 13.3. The van der Waals surface area contributed by atoms with Crippen molar-refractivity contribution in [1.82, 2.24) is 19.1 Å². The lowest BCUT2D eigenvalue weighted by atomic mass is 10.00. The number of para-hydroxylation sites is 3. The Bertz CT molecular complexity index is 3120. The minimum atomic E-state index is -2.80. The van der Waals surface area contributed by atoms with Crippen molar-refractivity contribution in [2.75, 3.05) is 0 Å². The van der Waals surface area contributed by atoms with Crippen LogP contribution in [0.1, 0.15) is 17.3 Å². The molecule has 57 heavy (non-hydrogen) atoms. The van der Waals surface area contributed by atoms with Crippen LogP contribution >= 0.6 is 11.8 Å². The van der Waals surface area contributed by atoms with Crippen molar-refractivity contribution in [2.45, 2.75) is 16.0 Å². The standard InChI is InChI=1S/C50H35FN4SSi/c1-54-42-27-11-9-25-40(42)53-49(54)35-18-14-16-33(30-35)47(51)34-17-15-19-36(31-34)55-41-26-10-8-24-39(41)46-48-45(32-52-50(46)55)57(37-20-4-2-5-21-37,38-22-6-3-7-23-38)44-29-13-12-28-43(44)56-48/h2-32,47H,1H3. The highest BCUT2D eigenvalue weighted by atomic mass is 32.2. The van der Waals surface area contributed by atoms with Crippen molar-refractivity contribution in [3.63, 3.8) is 0 Å². The first-order valence-electron chi connectivity index (χ1n) is 19.2. The van der Waals surface area contributed by atoms with Gasteiger partial charge in [-0.05, 0) is 74.3 Å². The third-order valence-corrected chi connectivity index (χ3v) is 18.0. The zero-order valence-corrected chi connectivity index (χ0v) is 32.9. The first-order chi connectivity index (χ1) is 28.1. The fourth-order valence-electron chi connectivity index (χ4n) is 9.06. The molecule has 7 heteroatoms. The summed E-state index contributed by atoms with van der Waals surface area (Å²) >= 11 is 1.85. The topological polar surface area (TPSA) is 35.6 Å². The van der Waals surface area contributed by atoms with E-state index in [4.69, 9.17) is 9.97 Å². The van der Waals surface area contributed by atoms with E-state index in [-0.39, 0.29) is 0 Å². The normalized spacial score (nSPS) is 13.8. The number of aromatic nitrogens is 4. The highest BCUT2D eigenvalue weighted by molar-refractivity contribution is 8.00. The highest BCUT2D eigenvalue weighted by Gasteiger charge is 2.48. The van der Waals surface area contributed by atoms with Crippen LogP contribution in [-0.4, -0.2) is 27.2 Å². The first kappa shape index (κ1) is 33.8. The van der Waals surface area contributed by atoms with E-state index in [2.05, 4.69) is 137 Å². The van der Waals surface area contributed by atoms with Crippen molar-refractivity contribution in [2.24, 2.45) is 7.05 Å². The first-order valence-corrected chi connectivity index (χ1v) is 22.0. The van der Waals surface area contributed by atoms with Gasteiger partial charge in [0.05, 0.1) is 16.6 Å². The minimum absolute atomic E-state index is 0.585. The molecule has 3 aromatic heterocycles. The molecular formula is C50H35FN4SSi. The molecule has 7 aromatic carbocycles. The van der Waals surface area contributed by atoms with E-state index in [1.807, 2.05) is 79.5 Å². The summed E-state index contributed by atoms with van der Waals surface area (Å²) in [6, 6.07) is 63.2. The van der Waals surface area contributed by atoms with E-state index in [9.17, 15) is 0 Å². The molecule has 0 spiro atoms. The molecule has 4 heterocycles. The van der Waals surface area contributed by atoms with Crippen LogP contribution in [0.25, 0.3) is 50.0 Å². The van der Waals surface area contributed by atoms with Gasteiger partial charge in [-0.1, -0.05) is 151 Å². The molecule has 0 saturated carbocycles. The van der Waals surface area contributed by atoms with E-state index in [0.29, 0.717) is 11.1 Å². The van der Waals surface area contributed by atoms with E-state index in [0.717, 1.165) is 50.0 Å². The van der Waals surface area contributed by atoms with Crippen LogP contribution in [0, 0.1) is 0 Å². The number of aryl methyl sites for hydroxylation is 1. The molecule has 1 atom stereocenters. The summed E-state index contributed by atoms with van der Waals surface area (Å²) in [7, 11) is -0.796. The number of halogens is 1. The summed E-state index contributed by atoms with van der Waals surface area (Å²) in [6.45, 7) is 0. The van der Waals surface area contributed by atoms with Crippen LogP contribution in [0.3, 0.4) is 0 Å². The van der Waals surface area contributed by atoms with E-state index in [1.54, 1.807) is 0 Å². The van der Waals surface area contributed by atoms with Crippen molar-refractivity contribution in [3.8, 4) is 17.1 Å². The van der Waals surface area contributed by atoms with Gasteiger partial charge in [0.15, 0.2) is 14.2 Å². The number of rotatable bonds is 6. The summed E-state index contributed by atoms with van der Waals surface area (Å²) in [5.74, 6) is 0.811. The second-order valence-corrected chi connectivity index (χ2v) is 19.5. The molecule has 0 N–H and O–H groups in total. The molecular weight excluding hydrogens is 736 g/mol. The van der Waals surface area contributed by atoms with Gasteiger partial charge >= 0.3 is 0 Å². The summed E-state index contributed by atoms with van der Waals surface area (Å²) in [5.41, 5.74) is 6.78. The fourth-order valence-corrected chi connectivity index (χ4v) is 16.1. The van der Waals surface area contributed by atoms with Gasteiger partial charge in [0.1, 0.15) is 11.5 Å². The van der Waals surface area contributed by atoms with Crippen LogP contribution in [0.15, 0.2) is 198 Å². The SMILES string of the molecule is Cn1c(-c2cccc(C(F)c3cccc(-n4c5ccccc5c5c6c(cnc54)[Si](c4ccccc4)(c4ccccc4)c4ccccc4S6)c3)c2)nc2ccccc21. The molecule has 0 aliphatic carbocycles. The summed E-state index contributed by atoms with van der Waals surface area (Å²) in [5, 5.41) is 7.59. The predicted octanol–water partition coefficient (Wildman–Crippen LogP) is 9.63. The third-order valence-electron chi connectivity index (χ3n) is 11.6. The van der Waals surface area contributed by atoms with Gasteiger partial charge in [0, 0.05) is 45.1 Å². The van der Waals surface area contributed by atoms with E-state index in [1.165, 1.54) is 30.5 Å². The number of benzene rings is 7. The monoisotopic (exact) mass is 770 g/mol. The Morgan fingerprint density at radius 3 is 2.04 bits per heavy atom. The summed E-state index contributed by atoms with van der Waals surface area (Å²) in [6.07, 6.45) is 0.806. The number of hydrogen-bond acceptors (Lipinski definition) is 3. The maximum absolute atomic E-state index is 16.8. The van der Waals surface area contributed by atoms with Crippen molar-refractivity contribution in [3.05, 3.63) is 199 Å². The Morgan fingerprint density at radius 2 is 1.26 bits per heavy atom. The molecule has 272 valence electrons. The number of alkyl halides is 1. The second-order valence-electron chi connectivity index (χ2n) is 14.7. The van der Waals surface area contributed by atoms with Gasteiger partial charge in [0.2, 0.25) is 0 Å². The zero-order chi connectivity index (χ0) is 38.1. The number of hydrogen-bond donors (Lipinski definition) is 0. The van der Waals surface area contributed by atoms with Crippen molar-refractivity contribution >= 4 is 73.6 Å². The maximum atomic E-state index is 16.8. The predicted molar refractivity (Wildman–Crippen MR) is 235 cm³/mol. The van der Waals surface area contributed by atoms with Gasteiger partial charge in [-0.3, -0.25) is 4.57 Å². The Morgan fingerprint density at radius 1 is 0.614 bits per heavy atom. The fraction of sp³-hybridized carbons (Fsp3) is 0.0400. The summed E-state index contributed by atoms with van der Waals surface area (Å²) < 4.78 is 21.1. The van der Waals surface area contributed by atoms with Crippen LogP contribution in [0.5, 0.6) is 0 Å². The number of imidazole rings is 1. The van der Waals surface area contributed by atoms with E-state index < -0.39 is 14.2 Å². The Hall–Kier alpha value is -6.54. The summed E-state index contributed by atoms with van der Waals surface area (Å²) in [4.78, 5) is 12.8.